The topological polar surface area (TPSA) is 89.7 Å². The lowest BCUT2D eigenvalue weighted by Gasteiger charge is -2.15. The van der Waals surface area contributed by atoms with E-state index in [2.05, 4.69) is 32.7 Å². The number of amides is 2. The second-order valence-corrected chi connectivity index (χ2v) is 6.47. The molecule has 3 aromatic rings. The van der Waals surface area contributed by atoms with Gasteiger partial charge >= 0.3 is 6.03 Å². The van der Waals surface area contributed by atoms with Crippen LogP contribution in [0.2, 0.25) is 0 Å². The lowest BCUT2D eigenvalue weighted by Crippen LogP contribution is -2.32. The van der Waals surface area contributed by atoms with Crippen LogP contribution in [0.25, 0.3) is 11.4 Å². The standard InChI is InChI=1S/C19H25N7O/c1-6-26-14(4)18(13(3)23-26)12(2)21-19(27)22-17-11-16(24-25(17)5)15-9-7-8-10-20-15/h7-12H,6H2,1-5H3,(H2,21,22,27). The molecule has 3 rings (SSSR count). The van der Waals surface area contributed by atoms with Gasteiger partial charge < -0.3 is 5.32 Å². The van der Waals surface area contributed by atoms with Crippen LogP contribution in [0, 0.1) is 13.8 Å². The quantitative estimate of drug-likeness (QED) is 0.725. The van der Waals surface area contributed by atoms with Gasteiger partial charge in [-0.05, 0) is 39.8 Å². The van der Waals surface area contributed by atoms with Gasteiger partial charge in [-0.3, -0.25) is 19.7 Å². The fourth-order valence-electron chi connectivity index (χ4n) is 3.29. The van der Waals surface area contributed by atoms with Gasteiger partial charge in [-0.1, -0.05) is 6.07 Å². The van der Waals surface area contributed by atoms with Crippen LogP contribution >= 0.6 is 0 Å². The molecule has 0 bridgehead atoms. The van der Waals surface area contributed by atoms with Gasteiger partial charge in [0.2, 0.25) is 0 Å². The highest BCUT2D eigenvalue weighted by Gasteiger charge is 2.19. The summed E-state index contributed by atoms with van der Waals surface area (Å²) in [6.45, 7) is 8.80. The molecular weight excluding hydrogens is 342 g/mol. The van der Waals surface area contributed by atoms with Gasteiger partial charge in [-0.25, -0.2) is 4.79 Å². The van der Waals surface area contributed by atoms with Crippen LogP contribution in [-0.2, 0) is 13.6 Å². The number of hydrogen-bond donors (Lipinski definition) is 2. The number of anilines is 1. The largest absolute Gasteiger partial charge is 0.331 e. The van der Waals surface area contributed by atoms with Crippen LogP contribution in [0.1, 0.15) is 36.8 Å². The Labute approximate surface area is 158 Å². The van der Waals surface area contributed by atoms with E-state index in [4.69, 9.17) is 0 Å². The molecule has 0 radical (unpaired) electrons. The first-order chi connectivity index (χ1) is 12.9. The van der Waals surface area contributed by atoms with Crippen LogP contribution in [0.4, 0.5) is 10.6 Å². The van der Waals surface area contributed by atoms with Gasteiger partial charge in [-0.2, -0.15) is 10.2 Å². The van der Waals surface area contributed by atoms with Crippen molar-refractivity contribution >= 4 is 11.8 Å². The summed E-state index contributed by atoms with van der Waals surface area (Å²) in [4.78, 5) is 16.8. The zero-order valence-electron chi connectivity index (χ0n) is 16.3. The molecule has 2 amide bonds. The maximum atomic E-state index is 12.5. The van der Waals surface area contributed by atoms with E-state index in [1.807, 2.05) is 43.7 Å². The third kappa shape index (κ3) is 3.84. The van der Waals surface area contributed by atoms with Gasteiger partial charge in [0, 0.05) is 37.1 Å². The smallest absolute Gasteiger partial charge is 0.320 e. The maximum absolute atomic E-state index is 12.5. The first-order valence-electron chi connectivity index (χ1n) is 8.97. The lowest BCUT2D eigenvalue weighted by atomic mass is 10.1. The number of pyridine rings is 1. The summed E-state index contributed by atoms with van der Waals surface area (Å²) < 4.78 is 3.57. The minimum Gasteiger partial charge on any atom is -0.331 e. The Morgan fingerprint density at radius 3 is 2.63 bits per heavy atom. The minimum atomic E-state index is -0.291. The first kappa shape index (κ1) is 18.6. The number of aryl methyl sites for hydroxylation is 3. The van der Waals surface area contributed by atoms with Crippen LogP contribution in [0.15, 0.2) is 30.5 Å². The minimum absolute atomic E-state index is 0.159. The molecule has 0 spiro atoms. The molecule has 8 heteroatoms. The SMILES string of the molecule is CCn1nc(C)c(C(C)NC(=O)Nc2cc(-c3ccccn3)nn2C)c1C. The molecule has 0 fully saturated rings. The molecule has 8 nitrogen and oxygen atoms in total. The molecule has 27 heavy (non-hydrogen) atoms. The summed E-state index contributed by atoms with van der Waals surface area (Å²) >= 11 is 0. The van der Waals surface area contributed by atoms with Crippen LogP contribution in [0.3, 0.4) is 0 Å². The number of carbonyl (C=O) groups excluding carboxylic acids is 1. The molecule has 1 atom stereocenters. The molecule has 3 aromatic heterocycles. The van der Waals surface area contributed by atoms with E-state index in [9.17, 15) is 4.79 Å². The van der Waals surface area contributed by atoms with Crippen molar-refractivity contribution in [1.82, 2.24) is 29.9 Å². The van der Waals surface area contributed by atoms with E-state index in [1.54, 1.807) is 24.0 Å². The van der Waals surface area contributed by atoms with Crippen molar-refractivity contribution in [3.63, 3.8) is 0 Å². The van der Waals surface area contributed by atoms with Crippen LogP contribution in [-0.4, -0.2) is 30.6 Å². The van der Waals surface area contributed by atoms with Crippen LogP contribution < -0.4 is 10.6 Å². The summed E-state index contributed by atoms with van der Waals surface area (Å²) in [7, 11) is 1.78. The molecule has 2 N–H and O–H groups in total. The third-order valence-electron chi connectivity index (χ3n) is 4.57. The Morgan fingerprint density at radius 1 is 1.22 bits per heavy atom. The van der Waals surface area contributed by atoms with E-state index < -0.39 is 0 Å². The second kappa shape index (κ2) is 7.61. The zero-order chi connectivity index (χ0) is 19.6. The van der Waals surface area contributed by atoms with Gasteiger partial charge in [0.1, 0.15) is 11.5 Å². The molecule has 0 aromatic carbocycles. The Morgan fingerprint density at radius 2 is 2.00 bits per heavy atom. The first-order valence-corrected chi connectivity index (χ1v) is 8.97. The monoisotopic (exact) mass is 367 g/mol. The average Bonchev–Trinajstić information content (AvgIpc) is 3.14. The van der Waals surface area contributed by atoms with Crippen molar-refractivity contribution < 1.29 is 4.79 Å². The lowest BCUT2D eigenvalue weighted by molar-refractivity contribution is 0.249. The van der Waals surface area contributed by atoms with Crippen molar-refractivity contribution in [3.8, 4) is 11.4 Å². The Hall–Kier alpha value is -3.16. The molecule has 142 valence electrons. The number of urea groups is 1. The van der Waals surface area contributed by atoms with Crippen molar-refractivity contribution in [3.05, 3.63) is 47.4 Å². The maximum Gasteiger partial charge on any atom is 0.320 e. The van der Waals surface area contributed by atoms with Crippen molar-refractivity contribution in [2.45, 2.75) is 40.3 Å². The van der Waals surface area contributed by atoms with E-state index >= 15 is 0 Å². The molecule has 0 saturated carbocycles. The Kier molecular flexibility index (Phi) is 5.25. The Bertz CT molecular complexity index is 943. The van der Waals surface area contributed by atoms with Gasteiger partial charge in [0.05, 0.1) is 17.4 Å². The summed E-state index contributed by atoms with van der Waals surface area (Å²) in [5.74, 6) is 0.595. The Balaban J connectivity index is 1.71. The molecule has 0 aliphatic rings. The fraction of sp³-hybridized carbons (Fsp3) is 0.368. The van der Waals surface area contributed by atoms with Gasteiger partial charge in [-0.15, -0.1) is 0 Å². The predicted molar refractivity (Wildman–Crippen MR) is 104 cm³/mol. The summed E-state index contributed by atoms with van der Waals surface area (Å²) in [6, 6.07) is 6.99. The van der Waals surface area contributed by atoms with Crippen molar-refractivity contribution in [2.75, 3.05) is 5.32 Å². The van der Waals surface area contributed by atoms with Gasteiger partial charge in [0.25, 0.3) is 0 Å². The molecule has 0 saturated heterocycles. The number of aromatic nitrogens is 5. The van der Waals surface area contributed by atoms with E-state index in [1.165, 1.54) is 0 Å². The van der Waals surface area contributed by atoms with Crippen LogP contribution in [0.5, 0.6) is 0 Å². The second-order valence-electron chi connectivity index (χ2n) is 6.47. The molecule has 0 aliphatic carbocycles. The molecule has 0 aliphatic heterocycles. The highest BCUT2D eigenvalue weighted by molar-refractivity contribution is 5.89. The molecule has 1 unspecified atom stereocenters. The normalized spacial score (nSPS) is 12.0. The highest BCUT2D eigenvalue weighted by atomic mass is 16.2. The number of nitrogens with zero attached hydrogens (tertiary/aromatic N) is 5. The molecule has 3 heterocycles. The van der Waals surface area contributed by atoms with Crippen molar-refractivity contribution in [2.24, 2.45) is 7.05 Å². The van der Waals surface area contributed by atoms with E-state index in [0.717, 1.165) is 29.2 Å². The summed E-state index contributed by atoms with van der Waals surface area (Å²) in [5, 5.41) is 14.8. The van der Waals surface area contributed by atoms with Gasteiger partial charge in [0.15, 0.2) is 0 Å². The summed E-state index contributed by atoms with van der Waals surface area (Å²) in [6.07, 6.45) is 1.71. The number of hydrogen-bond acceptors (Lipinski definition) is 4. The highest BCUT2D eigenvalue weighted by Crippen LogP contribution is 2.22. The predicted octanol–water partition coefficient (Wildman–Crippen LogP) is 3.20. The zero-order valence-corrected chi connectivity index (χ0v) is 16.3. The van der Waals surface area contributed by atoms with Crippen molar-refractivity contribution in [1.29, 1.82) is 0 Å². The van der Waals surface area contributed by atoms with E-state index in [-0.39, 0.29) is 12.1 Å². The molecular formula is C19H25N7O. The number of carbonyl (C=O) groups is 1. The fourth-order valence-corrected chi connectivity index (χ4v) is 3.29. The third-order valence-corrected chi connectivity index (χ3v) is 4.57. The number of rotatable bonds is 5. The number of nitrogens with one attached hydrogen (secondary N) is 2. The average molecular weight is 367 g/mol. The summed E-state index contributed by atoms with van der Waals surface area (Å²) in [5.41, 5.74) is 4.51. The van der Waals surface area contributed by atoms with E-state index in [0.29, 0.717) is 11.5 Å².